The molecule has 1 aliphatic heterocycles. The largest absolute Gasteiger partial charge is 0.396 e. The summed E-state index contributed by atoms with van der Waals surface area (Å²) in [6.45, 7) is 2.16. The summed E-state index contributed by atoms with van der Waals surface area (Å²) in [4.78, 5) is 2.24. The number of hydrogen-bond donors (Lipinski definition) is 1. The van der Waals surface area contributed by atoms with Crippen LogP contribution in [0.25, 0.3) is 0 Å². The second kappa shape index (κ2) is 4.93. The Morgan fingerprint density at radius 1 is 1.38 bits per heavy atom. The molecule has 1 heterocycles. The number of halogens is 1. The summed E-state index contributed by atoms with van der Waals surface area (Å²) < 4.78 is 12.8. The molecule has 2 atom stereocenters. The fourth-order valence-electron chi connectivity index (χ4n) is 2.55. The number of benzene rings is 1. The Bertz CT molecular complexity index is 338. The number of rotatable bonds is 2. The van der Waals surface area contributed by atoms with Crippen LogP contribution in [-0.4, -0.2) is 36.8 Å². The minimum atomic E-state index is -0.197. The van der Waals surface area contributed by atoms with E-state index in [9.17, 15) is 9.50 Å². The minimum absolute atomic E-state index is 0.197. The molecule has 1 aliphatic rings. The van der Waals surface area contributed by atoms with Gasteiger partial charge >= 0.3 is 0 Å². The minimum Gasteiger partial charge on any atom is -0.396 e. The molecule has 1 N–H and O–H groups in total. The van der Waals surface area contributed by atoms with Crippen molar-refractivity contribution in [2.75, 3.05) is 26.7 Å². The molecule has 1 aromatic carbocycles. The maximum Gasteiger partial charge on any atom is 0.123 e. The highest BCUT2D eigenvalue weighted by Crippen LogP contribution is 2.32. The van der Waals surface area contributed by atoms with Gasteiger partial charge in [0.05, 0.1) is 0 Å². The lowest BCUT2D eigenvalue weighted by Crippen LogP contribution is -2.38. The van der Waals surface area contributed by atoms with Crippen LogP contribution < -0.4 is 0 Å². The van der Waals surface area contributed by atoms with Crippen molar-refractivity contribution < 1.29 is 9.50 Å². The van der Waals surface area contributed by atoms with Crippen molar-refractivity contribution in [2.45, 2.75) is 12.3 Å². The molecule has 0 radical (unpaired) electrons. The van der Waals surface area contributed by atoms with Gasteiger partial charge in [-0.3, -0.25) is 0 Å². The van der Waals surface area contributed by atoms with E-state index in [4.69, 9.17) is 0 Å². The van der Waals surface area contributed by atoms with Gasteiger partial charge in [0.2, 0.25) is 0 Å². The standard InChI is InChI=1S/C13H18FNO/c1-15-7-6-13(11(8-15)9-16)10-2-4-12(14)5-3-10/h2-5,11,13,16H,6-9H2,1H3/t11-,13?/m0/s1. The van der Waals surface area contributed by atoms with Crippen LogP contribution in [0.1, 0.15) is 17.9 Å². The van der Waals surface area contributed by atoms with E-state index in [1.807, 2.05) is 12.1 Å². The summed E-state index contributed by atoms with van der Waals surface area (Å²) in [7, 11) is 2.07. The topological polar surface area (TPSA) is 23.5 Å². The van der Waals surface area contributed by atoms with Crippen LogP contribution in [0.5, 0.6) is 0 Å². The van der Waals surface area contributed by atoms with E-state index < -0.39 is 0 Å². The van der Waals surface area contributed by atoms with Crippen molar-refractivity contribution in [2.24, 2.45) is 5.92 Å². The van der Waals surface area contributed by atoms with Crippen LogP contribution in [0.2, 0.25) is 0 Å². The molecule has 3 heteroatoms. The van der Waals surface area contributed by atoms with Crippen LogP contribution in [0.3, 0.4) is 0 Å². The van der Waals surface area contributed by atoms with Gasteiger partial charge in [-0.1, -0.05) is 12.1 Å². The van der Waals surface area contributed by atoms with E-state index in [1.54, 1.807) is 0 Å². The zero-order valence-electron chi connectivity index (χ0n) is 9.56. The van der Waals surface area contributed by atoms with E-state index in [2.05, 4.69) is 11.9 Å². The Kier molecular flexibility index (Phi) is 3.56. The van der Waals surface area contributed by atoms with Gasteiger partial charge in [0.1, 0.15) is 5.82 Å². The zero-order valence-corrected chi connectivity index (χ0v) is 9.56. The van der Waals surface area contributed by atoms with Crippen LogP contribution >= 0.6 is 0 Å². The third-order valence-electron chi connectivity index (χ3n) is 3.47. The molecule has 0 aromatic heterocycles. The number of piperidine rings is 1. The maximum absolute atomic E-state index is 12.8. The predicted molar refractivity (Wildman–Crippen MR) is 61.8 cm³/mol. The number of hydrogen-bond acceptors (Lipinski definition) is 2. The number of aliphatic hydroxyl groups excluding tert-OH is 1. The summed E-state index contributed by atoms with van der Waals surface area (Å²) in [5.74, 6) is 0.434. The van der Waals surface area contributed by atoms with Crippen molar-refractivity contribution in [3.63, 3.8) is 0 Å². The number of nitrogens with zero attached hydrogens (tertiary/aromatic N) is 1. The average Bonchev–Trinajstić information content (AvgIpc) is 2.30. The lowest BCUT2D eigenvalue weighted by Gasteiger charge is -2.36. The van der Waals surface area contributed by atoms with Crippen molar-refractivity contribution in [1.29, 1.82) is 0 Å². The molecule has 1 fully saturated rings. The Morgan fingerprint density at radius 3 is 2.69 bits per heavy atom. The first-order chi connectivity index (χ1) is 7.70. The first kappa shape index (κ1) is 11.6. The summed E-state index contributed by atoms with van der Waals surface area (Å²) in [5.41, 5.74) is 1.15. The highest BCUT2D eigenvalue weighted by atomic mass is 19.1. The molecule has 0 amide bonds. The Labute approximate surface area is 95.7 Å². The number of aliphatic hydroxyl groups is 1. The van der Waals surface area contributed by atoms with Crippen LogP contribution in [-0.2, 0) is 0 Å². The monoisotopic (exact) mass is 223 g/mol. The third-order valence-corrected chi connectivity index (χ3v) is 3.47. The van der Waals surface area contributed by atoms with E-state index >= 15 is 0 Å². The Hall–Kier alpha value is -0.930. The average molecular weight is 223 g/mol. The van der Waals surface area contributed by atoms with Gasteiger partial charge in [0.15, 0.2) is 0 Å². The van der Waals surface area contributed by atoms with Crippen molar-refractivity contribution in [3.05, 3.63) is 35.6 Å². The van der Waals surface area contributed by atoms with E-state index in [1.165, 1.54) is 12.1 Å². The number of likely N-dealkylation sites (tertiary alicyclic amines) is 1. The summed E-state index contributed by atoms with van der Waals surface area (Å²) in [6.07, 6.45) is 1.04. The molecule has 88 valence electrons. The van der Waals surface area contributed by atoms with Gasteiger partial charge in [-0.2, -0.15) is 0 Å². The highest BCUT2D eigenvalue weighted by Gasteiger charge is 2.28. The molecular weight excluding hydrogens is 205 g/mol. The van der Waals surface area contributed by atoms with Crippen molar-refractivity contribution in [3.8, 4) is 0 Å². The lowest BCUT2D eigenvalue weighted by molar-refractivity contribution is 0.118. The van der Waals surface area contributed by atoms with Gasteiger partial charge in [0, 0.05) is 19.1 Å². The Balaban J connectivity index is 2.15. The van der Waals surface area contributed by atoms with Crippen LogP contribution in [0.15, 0.2) is 24.3 Å². The normalized spacial score (nSPS) is 26.9. The van der Waals surface area contributed by atoms with Crippen molar-refractivity contribution in [1.82, 2.24) is 4.90 Å². The van der Waals surface area contributed by atoms with Gasteiger partial charge in [-0.25, -0.2) is 4.39 Å². The molecule has 2 rings (SSSR count). The van der Waals surface area contributed by atoms with Gasteiger partial charge in [-0.15, -0.1) is 0 Å². The third kappa shape index (κ3) is 2.42. The molecule has 1 aromatic rings. The van der Waals surface area contributed by atoms with E-state index in [0.29, 0.717) is 5.92 Å². The highest BCUT2D eigenvalue weighted by molar-refractivity contribution is 5.22. The fraction of sp³-hybridized carbons (Fsp3) is 0.538. The predicted octanol–water partition coefficient (Wildman–Crippen LogP) is 1.85. The lowest BCUT2D eigenvalue weighted by atomic mass is 9.81. The zero-order chi connectivity index (χ0) is 11.5. The second-order valence-corrected chi connectivity index (χ2v) is 4.65. The van der Waals surface area contributed by atoms with E-state index in [-0.39, 0.29) is 18.3 Å². The SMILES string of the molecule is CN1CCC(c2ccc(F)cc2)[C@H](CO)C1. The Morgan fingerprint density at radius 2 is 2.06 bits per heavy atom. The van der Waals surface area contributed by atoms with Crippen molar-refractivity contribution >= 4 is 0 Å². The first-order valence-electron chi connectivity index (χ1n) is 5.75. The van der Waals surface area contributed by atoms with Crippen LogP contribution in [0, 0.1) is 11.7 Å². The molecule has 0 saturated carbocycles. The molecule has 1 unspecified atom stereocenters. The quantitative estimate of drug-likeness (QED) is 0.827. The summed E-state index contributed by atoms with van der Waals surface area (Å²) in [5, 5.41) is 9.39. The van der Waals surface area contributed by atoms with Gasteiger partial charge < -0.3 is 10.0 Å². The first-order valence-corrected chi connectivity index (χ1v) is 5.75. The maximum atomic E-state index is 12.8. The summed E-state index contributed by atoms with van der Waals surface area (Å²) >= 11 is 0. The second-order valence-electron chi connectivity index (χ2n) is 4.65. The molecule has 2 nitrogen and oxygen atoms in total. The summed E-state index contributed by atoms with van der Waals surface area (Å²) in [6, 6.07) is 6.69. The van der Waals surface area contributed by atoms with Crippen LogP contribution in [0.4, 0.5) is 4.39 Å². The van der Waals surface area contributed by atoms with Gasteiger partial charge in [0.25, 0.3) is 0 Å². The molecule has 0 aliphatic carbocycles. The molecule has 0 spiro atoms. The molecule has 1 saturated heterocycles. The molecule has 0 bridgehead atoms. The van der Waals surface area contributed by atoms with Gasteiger partial charge in [-0.05, 0) is 43.6 Å². The molecule has 16 heavy (non-hydrogen) atoms. The molecular formula is C13H18FNO. The van der Waals surface area contributed by atoms with E-state index in [0.717, 1.165) is 25.1 Å². The fourth-order valence-corrected chi connectivity index (χ4v) is 2.55. The smallest absolute Gasteiger partial charge is 0.123 e.